The van der Waals surface area contributed by atoms with Gasteiger partial charge in [0, 0.05) is 16.7 Å². The van der Waals surface area contributed by atoms with Gasteiger partial charge < -0.3 is 4.74 Å². The Morgan fingerprint density at radius 2 is 1.61 bits per heavy atom. The lowest BCUT2D eigenvalue weighted by molar-refractivity contribution is 0.305. The first-order chi connectivity index (χ1) is 15.2. The number of nitrogens with zero attached hydrogens (tertiary/aromatic N) is 2. The van der Waals surface area contributed by atoms with Crippen LogP contribution in [0.1, 0.15) is 22.3 Å². The third-order valence-electron chi connectivity index (χ3n) is 5.02. The van der Waals surface area contributed by atoms with Gasteiger partial charge in [0.1, 0.15) is 18.2 Å². The molecule has 3 nitrogen and oxygen atoms in total. The average molecular weight is 404 g/mol. The number of fused-ring (bicyclic) bond motifs is 1. The Balaban J connectivity index is 1.82. The maximum absolute atomic E-state index is 14.3. The van der Waals surface area contributed by atoms with Crippen LogP contribution in [0.5, 0.6) is 5.75 Å². The van der Waals surface area contributed by atoms with Gasteiger partial charge >= 0.3 is 0 Å². The molecule has 0 bridgehead atoms. The summed E-state index contributed by atoms with van der Waals surface area (Å²) >= 11 is 0. The summed E-state index contributed by atoms with van der Waals surface area (Å²) in [5.74, 6) is 0.0940. The minimum Gasteiger partial charge on any atom is -0.488 e. The molecule has 0 amide bonds. The molecule has 4 aromatic rings. The summed E-state index contributed by atoms with van der Waals surface area (Å²) in [5.41, 5.74) is 2.44. The number of hydrogen-bond acceptors (Lipinski definition) is 3. The fourth-order valence-electron chi connectivity index (χ4n) is 3.46. The lowest BCUT2D eigenvalue weighted by Gasteiger charge is -2.13. The third kappa shape index (κ3) is 4.15. The first-order valence-corrected chi connectivity index (χ1v) is 9.70. The quantitative estimate of drug-likeness (QED) is 0.282. The minimum absolute atomic E-state index is 0.199. The van der Waals surface area contributed by atoms with Gasteiger partial charge in [-0.2, -0.15) is 10.5 Å². The van der Waals surface area contributed by atoms with Gasteiger partial charge in [0.25, 0.3) is 0 Å². The Kier molecular flexibility index (Phi) is 5.74. The largest absolute Gasteiger partial charge is 0.488 e. The van der Waals surface area contributed by atoms with Crippen LogP contribution in [-0.2, 0) is 6.61 Å². The zero-order chi connectivity index (χ0) is 21.6. The molecule has 0 fully saturated rings. The zero-order valence-electron chi connectivity index (χ0n) is 16.5. The van der Waals surface area contributed by atoms with Crippen LogP contribution >= 0.6 is 0 Å². The van der Waals surface area contributed by atoms with Crippen LogP contribution in [0.2, 0.25) is 0 Å². The van der Waals surface area contributed by atoms with Crippen molar-refractivity contribution in [2.75, 3.05) is 0 Å². The molecule has 4 aromatic carbocycles. The lowest BCUT2D eigenvalue weighted by atomic mass is 9.98. The number of halogens is 1. The molecular formula is C27H17FN2O. The van der Waals surface area contributed by atoms with Crippen LogP contribution < -0.4 is 4.74 Å². The van der Waals surface area contributed by atoms with Crippen LogP contribution in [0.25, 0.3) is 22.4 Å². The fourth-order valence-corrected chi connectivity index (χ4v) is 3.46. The Labute approximate surface area is 179 Å². The molecule has 4 heteroatoms. The summed E-state index contributed by atoms with van der Waals surface area (Å²) in [4.78, 5) is 0. The smallest absolute Gasteiger partial charge is 0.131 e. The van der Waals surface area contributed by atoms with Gasteiger partial charge in [-0.05, 0) is 35.0 Å². The molecule has 0 unspecified atom stereocenters. The van der Waals surface area contributed by atoms with Crippen molar-refractivity contribution in [3.05, 3.63) is 113 Å². The van der Waals surface area contributed by atoms with E-state index in [0.717, 1.165) is 16.3 Å². The molecule has 0 N–H and O–H groups in total. The molecule has 0 spiro atoms. The van der Waals surface area contributed by atoms with E-state index in [4.69, 9.17) is 4.74 Å². The monoisotopic (exact) mass is 404 g/mol. The van der Waals surface area contributed by atoms with Crippen molar-refractivity contribution in [1.29, 1.82) is 10.5 Å². The topological polar surface area (TPSA) is 56.8 Å². The highest BCUT2D eigenvalue weighted by Gasteiger charge is 2.13. The van der Waals surface area contributed by atoms with Gasteiger partial charge in [-0.15, -0.1) is 0 Å². The molecule has 0 aromatic heterocycles. The molecule has 148 valence electrons. The number of rotatable bonds is 5. The first-order valence-electron chi connectivity index (χ1n) is 9.70. The Hall–Kier alpha value is -4.41. The van der Waals surface area contributed by atoms with E-state index in [1.54, 1.807) is 36.4 Å². The molecular weight excluding hydrogens is 387 g/mol. The number of benzene rings is 4. The fraction of sp³-hybridized carbons (Fsp3) is 0.0370. The van der Waals surface area contributed by atoms with Crippen LogP contribution in [0.4, 0.5) is 4.39 Å². The van der Waals surface area contributed by atoms with E-state index in [9.17, 15) is 14.9 Å². The maximum Gasteiger partial charge on any atom is 0.131 e. The van der Waals surface area contributed by atoms with Crippen LogP contribution in [0, 0.1) is 28.5 Å². The van der Waals surface area contributed by atoms with Gasteiger partial charge in [0.2, 0.25) is 0 Å². The van der Waals surface area contributed by atoms with E-state index in [-0.39, 0.29) is 17.7 Å². The molecule has 0 aliphatic rings. The lowest BCUT2D eigenvalue weighted by Crippen LogP contribution is -2.00. The van der Waals surface area contributed by atoms with E-state index in [2.05, 4.69) is 12.1 Å². The number of ether oxygens (including phenoxy) is 1. The van der Waals surface area contributed by atoms with Crippen molar-refractivity contribution in [1.82, 2.24) is 0 Å². The summed E-state index contributed by atoms with van der Waals surface area (Å²) in [7, 11) is 0. The highest BCUT2D eigenvalue weighted by atomic mass is 19.1. The Bertz CT molecular complexity index is 1380. The predicted octanol–water partition coefficient (Wildman–Crippen LogP) is 6.49. The van der Waals surface area contributed by atoms with Gasteiger partial charge in [-0.3, -0.25) is 0 Å². The number of nitriles is 2. The normalized spacial score (nSPS) is 11.0. The predicted molar refractivity (Wildman–Crippen MR) is 119 cm³/mol. The van der Waals surface area contributed by atoms with Crippen LogP contribution in [-0.4, -0.2) is 0 Å². The van der Waals surface area contributed by atoms with Crippen LogP contribution in [0.15, 0.2) is 84.9 Å². The SMILES string of the molecule is N#C/C(=C/c1c(OCc2ccccc2C#N)ccc2ccccc12)c1ccccc1F. The standard InChI is InChI=1S/C27H17FN2O/c28-26-12-6-5-11-24(26)22(17-30)15-25-23-10-4-3-7-19(23)13-14-27(25)31-18-21-9-2-1-8-20(21)16-29/h1-15H,18H2/b22-15-. The zero-order valence-corrected chi connectivity index (χ0v) is 16.5. The molecule has 0 radical (unpaired) electrons. The minimum atomic E-state index is -0.457. The highest BCUT2D eigenvalue weighted by Crippen LogP contribution is 2.33. The third-order valence-corrected chi connectivity index (χ3v) is 5.02. The second-order valence-electron chi connectivity index (χ2n) is 6.91. The summed E-state index contributed by atoms with van der Waals surface area (Å²) in [6.45, 7) is 0.199. The van der Waals surface area contributed by atoms with Crippen molar-refractivity contribution in [2.45, 2.75) is 6.61 Å². The van der Waals surface area contributed by atoms with E-state index < -0.39 is 5.82 Å². The van der Waals surface area contributed by atoms with Crippen molar-refractivity contribution in [2.24, 2.45) is 0 Å². The summed E-state index contributed by atoms with van der Waals surface area (Å²) in [6.07, 6.45) is 1.66. The Morgan fingerprint density at radius 3 is 2.42 bits per heavy atom. The second-order valence-corrected chi connectivity index (χ2v) is 6.91. The first kappa shape index (κ1) is 19.9. The number of allylic oxidation sites excluding steroid dienone is 1. The van der Waals surface area contributed by atoms with Crippen molar-refractivity contribution >= 4 is 22.4 Å². The second kappa shape index (κ2) is 8.95. The van der Waals surface area contributed by atoms with E-state index in [0.29, 0.717) is 16.9 Å². The molecule has 0 aliphatic heterocycles. The van der Waals surface area contributed by atoms with Crippen LogP contribution in [0.3, 0.4) is 0 Å². The molecule has 0 saturated carbocycles. The average Bonchev–Trinajstić information content (AvgIpc) is 2.82. The van der Waals surface area contributed by atoms with Gasteiger partial charge in [-0.1, -0.05) is 66.7 Å². The van der Waals surface area contributed by atoms with Gasteiger partial charge in [0.15, 0.2) is 0 Å². The van der Waals surface area contributed by atoms with Crippen molar-refractivity contribution < 1.29 is 9.13 Å². The van der Waals surface area contributed by atoms with E-state index in [1.165, 1.54) is 6.07 Å². The maximum atomic E-state index is 14.3. The molecule has 0 aliphatic carbocycles. The molecule has 0 heterocycles. The Morgan fingerprint density at radius 1 is 0.871 bits per heavy atom. The summed E-state index contributed by atoms with van der Waals surface area (Å²) in [5, 5.41) is 20.9. The molecule has 31 heavy (non-hydrogen) atoms. The van der Waals surface area contributed by atoms with E-state index >= 15 is 0 Å². The molecule has 0 atom stereocenters. The van der Waals surface area contributed by atoms with E-state index in [1.807, 2.05) is 48.5 Å². The summed E-state index contributed by atoms with van der Waals surface area (Å²) < 4.78 is 20.4. The number of hydrogen-bond donors (Lipinski definition) is 0. The highest BCUT2D eigenvalue weighted by molar-refractivity contribution is 6.00. The van der Waals surface area contributed by atoms with Crippen molar-refractivity contribution in [3.8, 4) is 17.9 Å². The van der Waals surface area contributed by atoms with Gasteiger partial charge in [-0.25, -0.2) is 4.39 Å². The molecule has 4 rings (SSSR count). The molecule has 0 saturated heterocycles. The summed E-state index contributed by atoms with van der Waals surface area (Å²) in [6, 6.07) is 29.2. The van der Waals surface area contributed by atoms with Gasteiger partial charge in [0.05, 0.1) is 23.3 Å². The van der Waals surface area contributed by atoms with Crippen molar-refractivity contribution in [3.63, 3.8) is 0 Å².